The minimum atomic E-state index is -1.30. The summed E-state index contributed by atoms with van der Waals surface area (Å²) in [6.07, 6.45) is 2.28. The molecule has 0 aromatic heterocycles. The van der Waals surface area contributed by atoms with Crippen molar-refractivity contribution in [2.24, 2.45) is 0 Å². The fraction of sp³-hybridized carbons (Fsp3) is 0.219. The molecule has 5 aromatic rings. The second kappa shape index (κ2) is 9.64. The van der Waals surface area contributed by atoms with Crippen molar-refractivity contribution in [3.05, 3.63) is 83.3 Å². The summed E-state index contributed by atoms with van der Waals surface area (Å²) >= 11 is 0. The molecule has 0 saturated heterocycles. The first-order chi connectivity index (χ1) is 19.3. The number of fused-ring (bicyclic) bond motifs is 5. The van der Waals surface area contributed by atoms with E-state index >= 15 is 0 Å². The summed E-state index contributed by atoms with van der Waals surface area (Å²) in [7, 11) is 0. The third-order valence-electron chi connectivity index (χ3n) is 7.49. The molecule has 5 rings (SSSR count). The zero-order valence-electron chi connectivity index (χ0n) is 22.8. The number of aliphatic hydroxyl groups is 1. The van der Waals surface area contributed by atoms with Gasteiger partial charge in [0.05, 0.1) is 27.6 Å². The van der Waals surface area contributed by atoms with Gasteiger partial charge in [0.2, 0.25) is 0 Å². The van der Waals surface area contributed by atoms with Crippen LogP contribution in [-0.4, -0.2) is 30.6 Å². The molecule has 0 bridgehead atoms. The quantitative estimate of drug-likeness (QED) is 0.133. The maximum absolute atomic E-state index is 13.3. The van der Waals surface area contributed by atoms with E-state index in [1.165, 1.54) is 0 Å². The van der Waals surface area contributed by atoms with Gasteiger partial charge in [-0.15, -0.1) is 0 Å². The van der Waals surface area contributed by atoms with Gasteiger partial charge in [0, 0.05) is 27.1 Å². The molecule has 0 aliphatic heterocycles. The van der Waals surface area contributed by atoms with Crippen LogP contribution in [0.25, 0.3) is 43.1 Å². The number of benzene rings is 4. The first-order valence-corrected chi connectivity index (χ1v) is 12.9. The van der Waals surface area contributed by atoms with Crippen LogP contribution in [0.3, 0.4) is 0 Å². The zero-order chi connectivity index (χ0) is 30.1. The van der Waals surface area contributed by atoms with Crippen LogP contribution < -0.4 is 16.3 Å². The molecule has 6 N–H and O–H groups in total. The van der Waals surface area contributed by atoms with Gasteiger partial charge in [0.1, 0.15) is 28.7 Å². The molecule has 0 spiro atoms. The first-order valence-electron chi connectivity index (χ1n) is 12.9. The van der Waals surface area contributed by atoms with E-state index in [0.717, 1.165) is 29.3 Å². The summed E-state index contributed by atoms with van der Waals surface area (Å²) in [6.45, 7) is 7.25. The first kappa shape index (κ1) is 27.7. The second-order valence-electron chi connectivity index (χ2n) is 10.8. The van der Waals surface area contributed by atoms with Crippen molar-refractivity contribution >= 4 is 43.1 Å². The van der Waals surface area contributed by atoms with Gasteiger partial charge in [-0.05, 0) is 64.3 Å². The molecule has 0 saturated carbocycles. The van der Waals surface area contributed by atoms with Crippen molar-refractivity contribution in [2.75, 3.05) is 0 Å². The van der Waals surface area contributed by atoms with Crippen molar-refractivity contribution in [1.82, 2.24) is 0 Å². The number of allylic oxidation sites excluding steroid dienone is 3. The Morgan fingerprint density at radius 2 is 1.05 bits per heavy atom. The smallest absolute Gasteiger partial charge is 0.190 e. The van der Waals surface area contributed by atoms with Gasteiger partial charge in [0.25, 0.3) is 0 Å². The Hall–Kier alpha value is -4.89. The van der Waals surface area contributed by atoms with Crippen molar-refractivity contribution in [3.63, 3.8) is 0 Å². The van der Waals surface area contributed by atoms with Gasteiger partial charge in [-0.1, -0.05) is 23.3 Å². The molecule has 5 aromatic carbocycles. The Kier molecular flexibility index (Phi) is 6.50. The average Bonchev–Trinajstić information content (AvgIpc) is 3.26. The van der Waals surface area contributed by atoms with Crippen LogP contribution in [0, 0.1) is 0 Å². The molecule has 1 unspecified atom stereocenters. The number of aromatic hydroxyl groups is 5. The number of aliphatic hydroxyl groups excluding tert-OH is 1. The molecule has 0 aliphatic rings. The highest BCUT2D eigenvalue weighted by molar-refractivity contribution is 6.31. The summed E-state index contributed by atoms with van der Waals surface area (Å²) < 4.78 is 0. The number of hydrogen-bond acceptors (Lipinski definition) is 9. The Morgan fingerprint density at radius 3 is 1.54 bits per heavy atom. The predicted octanol–water partition coefficient (Wildman–Crippen LogP) is 4.68. The van der Waals surface area contributed by atoms with Crippen molar-refractivity contribution in [3.8, 4) is 28.7 Å². The lowest BCUT2D eigenvalue weighted by Crippen LogP contribution is -2.09. The summed E-state index contributed by atoms with van der Waals surface area (Å²) in [6, 6.07) is 2.89. The van der Waals surface area contributed by atoms with Gasteiger partial charge in [-0.25, -0.2) is 0 Å². The highest BCUT2D eigenvalue weighted by atomic mass is 16.3. The number of phenols is 5. The van der Waals surface area contributed by atoms with E-state index in [0.29, 0.717) is 0 Å². The third kappa shape index (κ3) is 4.00. The monoisotopic (exact) mass is 556 g/mol. The molecule has 9 heteroatoms. The summed E-state index contributed by atoms with van der Waals surface area (Å²) in [5.41, 5.74) is -0.525. The molecular weight excluding hydrogens is 528 g/mol. The SMILES string of the molecule is CC(C)=CCc1c2c(O)c3c(O)c(C(O)CC=C(C)C)cc(=O)c3c(O)c2c2c(O)c3c(=O)ccc(=O)c3c(O)c12. The average molecular weight is 557 g/mol. The van der Waals surface area contributed by atoms with Crippen LogP contribution in [0.1, 0.15) is 51.3 Å². The van der Waals surface area contributed by atoms with E-state index in [1.807, 2.05) is 27.7 Å². The van der Waals surface area contributed by atoms with Gasteiger partial charge in [0.15, 0.2) is 16.3 Å². The van der Waals surface area contributed by atoms with Crippen LogP contribution >= 0.6 is 0 Å². The van der Waals surface area contributed by atoms with E-state index in [-0.39, 0.29) is 45.5 Å². The minimum absolute atomic E-state index is 0.0402. The van der Waals surface area contributed by atoms with Crippen LogP contribution in [0.4, 0.5) is 0 Å². The largest absolute Gasteiger partial charge is 0.507 e. The van der Waals surface area contributed by atoms with Gasteiger partial charge >= 0.3 is 0 Å². The topological polar surface area (TPSA) is 173 Å². The van der Waals surface area contributed by atoms with Gasteiger partial charge in [-0.3, -0.25) is 14.4 Å². The molecule has 1 atom stereocenters. The highest BCUT2D eigenvalue weighted by Gasteiger charge is 2.31. The molecular formula is C32H28O9. The lowest BCUT2D eigenvalue weighted by Gasteiger charge is -2.15. The van der Waals surface area contributed by atoms with Crippen LogP contribution in [0.2, 0.25) is 0 Å². The standard InChI is InChI=1S/C32H28O9/c1-12(2)5-7-14-20-25(31(40)23-18(35)10-9-17(34)22(23)29(20)38)26-21(14)30(39)27-24(32(26)41)19(36)11-15(28(27)37)16(33)8-6-13(3)4/h5-6,9-11,16,33,37-41H,7-8H2,1-4H3. The van der Waals surface area contributed by atoms with Gasteiger partial charge in [-0.2, -0.15) is 0 Å². The van der Waals surface area contributed by atoms with Crippen LogP contribution in [0.15, 0.2) is 55.9 Å². The molecule has 0 fully saturated rings. The minimum Gasteiger partial charge on any atom is -0.507 e. The van der Waals surface area contributed by atoms with Crippen molar-refractivity contribution in [1.29, 1.82) is 0 Å². The fourth-order valence-corrected chi connectivity index (χ4v) is 5.58. The maximum atomic E-state index is 13.3. The maximum Gasteiger partial charge on any atom is 0.190 e. The predicted molar refractivity (Wildman–Crippen MR) is 158 cm³/mol. The van der Waals surface area contributed by atoms with E-state index in [2.05, 4.69) is 0 Å². The summed E-state index contributed by atoms with van der Waals surface area (Å²) in [4.78, 5) is 38.8. The second-order valence-corrected chi connectivity index (χ2v) is 10.8. The lowest BCUT2D eigenvalue weighted by atomic mass is 9.94. The summed E-state index contributed by atoms with van der Waals surface area (Å²) in [5.74, 6) is -3.31. The van der Waals surface area contributed by atoms with Crippen LogP contribution in [-0.2, 0) is 6.42 Å². The van der Waals surface area contributed by atoms with Crippen LogP contribution in [0.5, 0.6) is 28.7 Å². The molecule has 0 heterocycles. The number of phenolic OH excluding ortho intramolecular Hbond substituents is 5. The molecule has 41 heavy (non-hydrogen) atoms. The number of rotatable bonds is 5. The molecule has 0 radical (unpaired) electrons. The Labute approximate surface area is 232 Å². The Morgan fingerprint density at radius 1 is 0.610 bits per heavy atom. The molecule has 0 amide bonds. The highest BCUT2D eigenvalue weighted by Crippen LogP contribution is 2.55. The zero-order valence-corrected chi connectivity index (χ0v) is 22.8. The normalized spacial score (nSPS) is 12.4. The summed E-state index contributed by atoms with van der Waals surface area (Å²) in [5, 5.41) is 65.3. The molecule has 210 valence electrons. The Balaban J connectivity index is 2.08. The number of hydrogen-bond donors (Lipinski definition) is 6. The van der Waals surface area contributed by atoms with E-state index in [9.17, 15) is 45.0 Å². The molecule has 9 nitrogen and oxygen atoms in total. The van der Waals surface area contributed by atoms with Crippen molar-refractivity contribution in [2.45, 2.75) is 46.6 Å². The third-order valence-corrected chi connectivity index (χ3v) is 7.49. The van der Waals surface area contributed by atoms with Crippen molar-refractivity contribution < 1.29 is 30.6 Å². The fourth-order valence-electron chi connectivity index (χ4n) is 5.58. The van der Waals surface area contributed by atoms with E-state index in [1.54, 1.807) is 12.2 Å². The van der Waals surface area contributed by atoms with E-state index < -0.39 is 72.7 Å². The Bertz CT molecular complexity index is 2150. The van der Waals surface area contributed by atoms with E-state index in [4.69, 9.17) is 0 Å². The molecule has 0 aliphatic carbocycles. The lowest BCUT2D eigenvalue weighted by molar-refractivity contribution is 0.177. The van der Waals surface area contributed by atoms with Gasteiger partial charge < -0.3 is 30.6 Å².